The van der Waals surface area contributed by atoms with Crippen LogP contribution in [0.4, 0.5) is 5.69 Å². The van der Waals surface area contributed by atoms with Crippen LogP contribution in [0.3, 0.4) is 0 Å². The first-order valence-corrected chi connectivity index (χ1v) is 10.8. The Bertz CT molecular complexity index is 1280. The summed E-state index contributed by atoms with van der Waals surface area (Å²) in [6.45, 7) is 3.83. The lowest BCUT2D eigenvalue weighted by Crippen LogP contribution is -2.14. The number of hydrogen-bond donors (Lipinski definition) is 1. The van der Waals surface area contributed by atoms with Crippen molar-refractivity contribution >= 4 is 15.7 Å². The van der Waals surface area contributed by atoms with E-state index >= 15 is 0 Å². The van der Waals surface area contributed by atoms with Gasteiger partial charge in [0.15, 0.2) is 0 Å². The minimum atomic E-state index is -3.73. The highest BCUT2D eigenvalue weighted by Crippen LogP contribution is 2.24. The second kappa shape index (κ2) is 8.08. The summed E-state index contributed by atoms with van der Waals surface area (Å²) in [6.07, 6.45) is 3.61. The number of aryl methyl sites for hydroxylation is 2. The number of anilines is 1. The van der Waals surface area contributed by atoms with E-state index in [-0.39, 0.29) is 4.90 Å². The molecule has 0 aliphatic carbocycles. The quantitative estimate of drug-likeness (QED) is 0.503. The van der Waals surface area contributed by atoms with Crippen LogP contribution >= 0.6 is 0 Å². The van der Waals surface area contributed by atoms with Crippen molar-refractivity contribution in [3.63, 3.8) is 0 Å². The Labute approximate surface area is 174 Å². The molecule has 0 unspecified atom stereocenters. The maximum Gasteiger partial charge on any atom is 0.261 e. The number of nitrogens with one attached hydrogen (secondary N) is 1. The monoisotopic (exact) mass is 420 g/mol. The molecule has 30 heavy (non-hydrogen) atoms. The van der Waals surface area contributed by atoms with Gasteiger partial charge in [0, 0.05) is 18.0 Å². The maximum atomic E-state index is 12.9. The summed E-state index contributed by atoms with van der Waals surface area (Å²) in [7, 11) is -3.73. The van der Waals surface area contributed by atoms with Crippen LogP contribution in [-0.4, -0.2) is 23.5 Å². The smallest absolute Gasteiger partial charge is 0.261 e. The zero-order chi connectivity index (χ0) is 21.1. The molecule has 0 radical (unpaired) electrons. The fraction of sp³-hybridized carbons (Fsp3) is 0.136. The van der Waals surface area contributed by atoms with E-state index in [1.54, 1.807) is 48.8 Å². The van der Waals surface area contributed by atoms with Gasteiger partial charge in [0.25, 0.3) is 10.0 Å². The molecule has 0 aliphatic rings. The predicted octanol–water partition coefficient (Wildman–Crippen LogP) is 4.14. The molecule has 7 nitrogen and oxygen atoms in total. The molecule has 4 rings (SSSR count). The third kappa shape index (κ3) is 4.23. The number of rotatable bonds is 6. The average Bonchev–Trinajstić information content (AvgIpc) is 3.20. The van der Waals surface area contributed by atoms with Gasteiger partial charge in [-0.3, -0.25) is 9.71 Å². The number of pyridine rings is 1. The normalized spacial score (nSPS) is 11.4. The summed E-state index contributed by atoms with van der Waals surface area (Å²) in [5.74, 6) is 0.818. The van der Waals surface area contributed by atoms with E-state index in [1.165, 1.54) is 0 Å². The molecule has 2 heterocycles. The van der Waals surface area contributed by atoms with E-state index < -0.39 is 10.0 Å². The second-order valence-electron chi connectivity index (χ2n) is 6.94. The molecule has 0 aliphatic heterocycles. The minimum Gasteiger partial charge on any atom is -0.339 e. The van der Waals surface area contributed by atoms with Crippen molar-refractivity contribution in [2.45, 2.75) is 25.2 Å². The lowest BCUT2D eigenvalue weighted by molar-refractivity contribution is 0.386. The molecule has 1 N–H and O–H groups in total. The molecule has 0 bridgehead atoms. The highest BCUT2D eigenvalue weighted by molar-refractivity contribution is 7.92. The molecule has 0 atom stereocenters. The molecular formula is C22H20N4O3S. The number of hydrogen-bond acceptors (Lipinski definition) is 6. The average molecular weight is 420 g/mol. The van der Waals surface area contributed by atoms with Crippen LogP contribution in [0.25, 0.3) is 11.4 Å². The van der Waals surface area contributed by atoms with Gasteiger partial charge in [0.05, 0.1) is 17.0 Å². The molecule has 2 aromatic heterocycles. The van der Waals surface area contributed by atoms with Crippen molar-refractivity contribution in [1.29, 1.82) is 0 Å². The molecule has 2 aromatic carbocycles. The Morgan fingerprint density at radius 2 is 1.83 bits per heavy atom. The molecule has 4 aromatic rings. The van der Waals surface area contributed by atoms with Gasteiger partial charge in [-0.15, -0.1) is 0 Å². The Morgan fingerprint density at radius 1 is 1.00 bits per heavy atom. The highest BCUT2D eigenvalue weighted by atomic mass is 32.2. The van der Waals surface area contributed by atoms with E-state index in [2.05, 4.69) is 19.8 Å². The highest BCUT2D eigenvalue weighted by Gasteiger charge is 2.18. The summed E-state index contributed by atoms with van der Waals surface area (Å²) in [6, 6.07) is 15.9. The van der Waals surface area contributed by atoms with Crippen LogP contribution in [0.1, 0.15) is 22.6 Å². The van der Waals surface area contributed by atoms with Gasteiger partial charge in [-0.2, -0.15) is 4.98 Å². The topological polar surface area (TPSA) is 98.0 Å². The molecule has 0 saturated heterocycles. The van der Waals surface area contributed by atoms with E-state index in [9.17, 15) is 8.42 Å². The van der Waals surface area contributed by atoms with Crippen LogP contribution in [0, 0.1) is 13.8 Å². The summed E-state index contributed by atoms with van der Waals surface area (Å²) in [5.41, 5.74) is 3.90. The maximum absolute atomic E-state index is 12.9. The van der Waals surface area contributed by atoms with E-state index in [0.29, 0.717) is 23.8 Å². The second-order valence-corrected chi connectivity index (χ2v) is 8.62. The summed E-state index contributed by atoms with van der Waals surface area (Å²) in [5, 5.41) is 3.99. The Morgan fingerprint density at radius 3 is 2.60 bits per heavy atom. The number of nitrogens with zero attached hydrogens (tertiary/aromatic N) is 3. The fourth-order valence-electron chi connectivity index (χ4n) is 2.96. The lowest BCUT2D eigenvalue weighted by atomic mass is 10.1. The number of para-hydroxylation sites is 1. The summed E-state index contributed by atoms with van der Waals surface area (Å²) >= 11 is 0. The van der Waals surface area contributed by atoms with Crippen molar-refractivity contribution in [2.75, 3.05) is 4.72 Å². The Hall–Kier alpha value is -3.52. The van der Waals surface area contributed by atoms with Crippen molar-refractivity contribution < 1.29 is 12.9 Å². The van der Waals surface area contributed by atoms with E-state index in [0.717, 1.165) is 22.3 Å². The standard InChI is InChI=1S/C22H20N4O3S/c1-15-9-10-19(12-16(15)2)30(27,28)26-20-8-4-3-6-17(20)13-21-24-22(25-29-21)18-7-5-11-23-14-18/h3-12,14,26H,13H2,1-2H3. The molecular weight excluding hydrogens is 400 g/mol. The molecule has 0 fully saturated rings. The van der Waals surface area contributed by atoms with Gasteiger partial charge in [-0.05, 0) is 60.9 Å². The minimum absolute atomic E-state index is 0.219. The van der Waals surface area contributed by atoms with Gasteiger partial charge < -0.3 is 4.52 Å². The third-order valence-corrected chi connectivity index (χ3v) is 6.14. The van der Waals surface area contributed by atoms with E-state index in [1.807, 2.05) is 32.0 Å². The van der Waals surface area contributed by atoms with Crippen LogP contribution in [0.5, 0.6) is 0 Å². The Kier molecular flexibility index (Phi) is 5.33. The van der Waals surface area contributed by atoms with Crippen LogP contribution in [0.2, 0.25) is 0 Å². The zero-order valence-corrected chi connectivity index (χ0v) is 17.3. The van der Waals surface area contributed by atoms with Gasteiger partial charge in [-0.1, -0.05) is 29.4 Å². The first kappa shape index (κ1) is 19.8. The predicted molar refractivity (Wildman–Crippen MR) is 114 cm³/mol. The fourth-order valence-corrected chi connectivity index (χ4v) is 4.15. The molecule has 0 spiro atoms. The molecule has 8 heteroatoms. The van der Waals surface area contributed by atoms with Crippen LogP contribution in [-0.2, 0) is 16.4 Å². The van der Waals surface area contributed by atoms with Gasteiger partial charge in [0.1, 0.15) is 0 Å². The first-order chi connectivity index (χ1) is 14.4. The molecule has 0 amide bonds. The van der Waals surface area contributed by atoms with Crippen molar-refractivity contribution in [2.24, 2.45) is 0 Å². The Balaban J connectivity index is 1.59. The number of aromatic nitrogens is 3. The lowest BCUT2D eigenvalue weighted by Gasteiger charge is -2.12. The number of sulfonamides is 1. The van der Waals surface area contributed by atoms with Crippen LogP contribution < -0.4 is 4.72 Å². The van der Waals surface area contributed by atoms with Gasteiger partial charge >= 0.3 is 0 Å². The number of benzene rings is 2. The summed E-state index contributed by atoms with van der Waals surface area (Å²) < 4.78 is 33.8. The van der Waals surface area contributed by atoms with Gasteiger partial charge in [-0.25, -0.2) is 8.42 Å². The largest absolute Gasteiger partial charge is 0.339 e. The van der Waals surface area contributed by atoms with Crippen molar-refractivity contribution in [1.82, 2.24) is 15.1 Å². The van der Waals surface area contributed by atoms with Gasteiger partial charge in [0.2, 0.25) is 11.7 Å². The third-order valence-electron chi connectivity index (χ3n) is 4.78. The SMILES string of the molecule is Cc1ccc(S(=O)(=O)Nc2ccccc2Cc2nc(-c3cccnc3)no2)cc1C. The van der Waals surface area contributed by atoms with Crippen molar-refractivity contribution in [3.8, 4) is 11.4 Å². The molecule has 152 valence electrons. The van der Waals surface area contributed by atoms with E-state index in [4.69, 9.17) is 4.52 Å². The van der Waals surface area contributed by atoms with Crippen LogP contribution in [0.15, 0.2) is 76.4 Å². The first-order valence-electron chi connectivity index (χ1n) is 9.33. The molecule has 0 saturated carbocycles. The zero-order valence-electron chi connectivity index (χ0n) is 16.5. The summed E-state index contributed by atoms with van der Waals surface area (Å²) in [4.78, 5) is 8.67. The van der Waals surface area contributed by atoms with Crippen molar-refractivity contribution in [3.05, 3.63) is 89.6 Å².